The fourth-order valence-electron chi connectivity index (χ4n) is 2.98. The van der Waals surface area contributed by atoms with Crippen LogP contribution in [0.4, 0.5) is 20.7 Å². The van der Waals surface area contributed by atoms with E-state index in [-0.39, 0.29) is 11.9 Å². The molecule has 29 heavy (non-hydrogen) atoms. The minimum atomic E-state index is -0.592. The van der Waals surface area contributed by atoms with E-state index in [4.69, 9.17) is 0 Å². The van der Waals surface area contributed by atoms with Gasteiger partial charge in [0.1, 0.15) is 5.82 Å². The van der Waals surface area contributed by atoms with E-state index in [2.05, 4.69) is 20.3 Å². The van der Waals surface area contributed by atoms with E-state index < -0.39 is 5.95 Å². The van der Waals surface area contributed by atoms with E-state index in [0.717, 1.165) is 5.56 Å². The van der Waals surface area contributed by atoms with Crippen molar-refractivity contribution in [2.75, 3.05) is 22.9 Å². The Kier molecular flexibility index (Phi) is 5.10. The molecule has 4 heterocycles. The number of carbonyl (C=O) groups excluding carboxylic acids is 2. The van der Waals surface area contributed by atoms with Gasteiger partial charge in [0.05, 0.1) is 17.4 Å². The van der Waals surface area contributed by atoms with Crippen molar-refractivity contribution in [3.8, 4) is 0 Å². The summed E-state index contributed by atoms with van der Waals surface area (Å²) in [6.45, 7) is 1.22. The number of halogens is 1. The van der Waals surface area contributed by atoms with Gasteiger partial charge < -0.3 is 5.32 Å². The van der Waals surface area contributed by atoms with Crippen LogP contribution < -0.4 is 15.1 Å². The molecule has 1 fully saturated rings. The molecule has 3 amide bonds. The number of pyridine rings is 3. The largest absolute Gasteiger partial charge is 0.348 e. The predicted octanol–water partition coefficient (Wildman–Crippen LogP) is 2.39. The normalized spacial score (nSPS) is 13.6. The highest BCUT2D eigenvalue weighted by Crippen LogP contribution is 2.23. The second-order valence-corrected chi connectivity index (χ2v) is 6.37. The number of nitrogens with one attached hydrogen (secondary N) is 1. The molecule has 0 radical (unpaired) electrons. The predicted molar refractivity (Wildman–Crippen MR) is 104 cm³/mol. The molecule has 0 atom stereocenters. The van der Waals surface area contributed by atoms with Crippen molar-refractivity contribution in [2.24, 2.45) is 0 Å². The van der Waals surface area contributed by atoms with Crippen LogP contribution in [0.5, 0.6) is 0 Å². The first kappa shape index (κ1) is 18.5. The van der Waals surface area contributed by atoms with E-state index in [0.29, 0.717) is 36.7 Å². The first-order valence-electron chi connectivity index (χ1n) is 8.95. The summed E-state index contributed by atoms with van der Waals surface area (Å²) in [5.41, 5.74) is 1.82. The summed E-state index contributed by atoms with van der Waals surface area (Å²) in [5, 5.41) is 2.80. The standard InChI is InChI=1S/C20H17FN6O2/c21-17-5-4-16(13-23-17)26-8-9-27(20(26)29)18-6-3-14(10-24-18)11-25-19(28)15-2-1-7-22-12-15/h1-7,10,12-13H,8-9,11H2,(H,25,28). The van der Waals surface area contributed by atoms with E-state index in [1.165, 1.54) is 29.4 Å². The summed E-state index contributed by atoms with van der Waals surface area (Å²) >= 11 is 0. The van der Waals surface area contributed by atoms with Crippen LogP contribution in [0.25, 0.3) is 0 Å². The molecule has 1 aliphatic heterocycles. The monoisotopic (exact) mass is 392 g/mol. The summed E-state index contributed by atoms with van der Waals surface area (Å²) in [4.78, 5) is 39.7. The number of amides is 3. The van der Waals surface area contributed by atoms with E-state index in [1.54, 1.807) is 41.6 Å². The van der Waals surface area contributed by atoms with E-state index in [9.17, 15) is 14.0 Å². The quantitative estimate of drug-likeness (QED) is 0.673. The topological polar surface area (TPSA) is 91.3 Å². The lowest BCUT2D eigenvalue weighted by Crippen LogP contribution is -2.32. The van der Waals surface area contributed by atoms with Gasteiger partial charge in [0.15, 0.2) is 0 Å². The van der Waals surface area contributed by atoms with E-state index >= 15 is 0 Å². The molecule has 0 bridgehead atoms. The minimum absolute atomic E-state index is 0.222. The van der Waals surface area contributed by atoms with Gasteiger partial charge in [-0.1, -0.05) is 6.07 Å². The molecule has 3 aromatic rings. The highest BCUT2D eigenvalue weighted by molar-refractivity contribution is 6.05. The zero-order chi connectivity index (χ0) is 20.2. The Morgan fingerprint density at radius 1 is 1.03 bits per heavy atom. The van der Waals surface area contributed by atoms with Crippen LogP contribution in [0, 0.1) is 5.95 Å². The Morgan fingerprint density at radius 3 is 2.59 bits per heavy atom. The Morgan fingerprint density at radius 2 is 1.90 bits per heavy atom. The fourth-order valence-corrected chi connectivity index (χ4v) is 2.98. The number of urea groups is 1. The maximum atomic E-state index is 13.0. The van der Waals surface area contributed by atoms with Gasteiger partial charge in [0.25, 0.3) is 5.91 Å². The zero-order valence-corrected chi connectivity index (χ0v) is 15.3. The number of nitrogens with zero attached hydrogens (tertiary/aromatic N) is 5. The summed E-state index contributed by atoms with van der Waals surface area (Å²) in [6.07, 6.45) is 6.05. The van der Waals surface area contributed by atoms with Crippen LogP contribution >= 0.6 is 0 Å². The van der Waals surface area contributed by atoms with Crippen molar-refractivity contribution in [1.29, 1.82) is 0 Å². The van der Waals surface area contributed by atoms with Crippen LogP contribution in [0.15, 0.2) is 61.2 Å². The number of rotatable bonds is 5. The van der Waals surface area contributed by atoms with Gasteiger partial charge in [-0.05, 0) is 35.9 Å². The Labute approximate surface area is 166 Å². The van der Waals surface area contributed by atoms with Gasteiger partial charge in [-0.2, -0.15) is 4.39 Å². The van der Waals surface area contributed by atoms with Crippen molar-refractivity contribution in [2.45, 2.75) is 6.54 Å². The molecule has 0 spiro atoms. The van der Waals surface area contributed by atoms with Crippen LogP contribution in [0.3, 0.4) is 0 Å². The molecule has 1 aliphatic rings. The smallest absolute Gasteiger partial charge is 0.330 e. The second-order valence-electron chi connectivity index (χ2n) is 6.37. The van der Waals surface area contributed by atoms with Crippen molar-refractivity contribution in [3.05, 3.63) is 78.3 Å². The van der Waals surface area contributed by atoms with Gasteiger partial charge in [0.2, 0.25) is 5.95 Å². The molecule has 0 unspecified atom stereocenters. The maximum absolute atomic E-state index is 13.0. The summed E-state index contributed by atoms with van der Waals surface area (Å²) < 4.78 is 13.0. The average molecular weight is 392 g/mol. The average Bonchev–Trinajstić information content (AvgIpc) is 3.15. The SMILES string of the molecule is O=C(NCc1ccc(N2CCN(c3ccc(F)nc3)C2=O)nc1)c1cccnc1. The molecule has 8 nitrogen and oxygen atoms in total. The van der Waals surface area contributed by atoms with Gasteiger partial charge in [-0.25, -0.2) is 14.8 Å². The molecule has 0 saturated carbocycles. The van der Waals surface area contributed by atoms with Crippen molar-refractivity contribution in [3.63, 3.8) is 0 Å². The number of hydrogen-bond donors (Lipinski definition) is 1. The second kappa shape index (κ2) is 8.01. The van der Waals surface area contributed by atoms with Gasteiger partial charge in [0, 0.05) is 38.2 Å². The molecule has 9 heteroatoms. The molecular formula is C20H17FN6O2. The number of hydrogen-bond acceptors (Lipinski definition) is 5. The third kappa shape index (κ3) is 4.03. The van der Waals surface area contributed by atoms with Gasteiger partial charge >= 0.3 is 6.03 Å². The van der Waals surface area contributed by atoms with Crippen molar-refractivity contribution < 1.29 is 14.0 Å². The molecule has 1 saturated heterocycles. The van der Waals surface area contributed by atoms with Gasteiger partial charge in [-0.15, -0.1) is 0 Å². The Hall–Kier alpha value is -3.88. The lowest BCUT2D eigenvalue weighted by atomic mass is 10.2. The third-order valence-corrected chi connectivity index (χ3v) is 4.49. The molecular weight excluding hydrogens is 375 g/mol. The fraction of sp³-hybridized carbons (Fsp3) is 0.150. The Bertz CT molecular complexity index is 1010. The van der Waals surface area contributed by atoms with Crippen LogP contribution in [0.2, 0.25) is 0 Å². The third-order valence-electron chi connectivity index (χ3n) is 4.49. The van der Waals surface area contributed by atoms with Crippen molar-refractivity contribution >= 4 is 23.4 Å². The van der Waals surface area contributed by atoms with Crippen LogP contribution in [-0.2, 0) is 6.54 Å². The minimum Gasteiger partial charge on any atom is -0.348 e. The highest BCUT2D eigenvalue weighted by atomic mass is 19.1. The lowest BCUT2D eigenvalue weighted by molar-refractivity contribution is 0.0950. The van der Waals surface area contributed by atoms with Gasteiger partial charge in [-0.3, -0.25) is 19.6 Å². The molecule has 3 aromatic heterocycles. The van der Waals surface area contributed by atoms with Crippen molar-refractivity contribution in [1.82, 2.24) is 20.3 Å². The van der Waals surface area contributed by atoms with Crippen LogP contribution in [-0.4, -0.2) is 40.0 Å². The summed E-state index contributed by atoms with van der Waals surface area (Å²) in [7, 11) is 0. The van der Waals surface area contributed by atoms with E-state index in [1.807, 2.05) is 0 Å². The first-order valence-corrected chi connectivity index (χ1v) is 8.95. The maximum Gasteiger partial charge on any atom is 0.330 e. The molecule has 0 aliphatic carbocycles. The number of aromatic nitrogens is 3. The number of carbonyl (C=O) groups is 2. The molecule has 0 aromatic carbocycles. The zero-order valence-electron chi connectivity index (χ0n) is 15.3. The lowest BCUT2D eigenvalue weighted by Gasteiger charge is -2.18. The Balaban J connectivity index is 1.38. The van der Waals surface area contributed by atoms with Crippen LogP contribution in [0.1, 0.15) is 15.9 Å². The molecule has 1 N–H and O–H groups in total. The molecule has 146 valence electrons. The number of anilines is 2. The summed E-state index contributed by atoms with van der Waals surface area (Å²) in [5.74, 6) is -0.305. The summed E-state index contributed by atoms with van der Waals surface area (Å²) in [6, 6.07) is 9.42. The molecule has 4 rings (SSSR count). The highest BCUT2D eigenvalue weighted by Gasteiger charge is 2.31. The first-order chi connectivity index (χ1) is 14.1.